The van der Waals surface area contributed by atoms with E-state index in [0.717, 1.165) is 59.9 Å². The summed E-state index contributed by atoms with van der Waals surface area (Å²) in [6.07, 6.45) is 4.43. The third-order valence-electron chi connectivity index (χ3n) is 8.80. The number of hydrogen-bond donors (Lipinski definition) is 1. The molecule has 1 aromatic heterocycles. The lowest BCUT2D eigenvalue weighted by molar-refractivity contribution is 0.301. The van der Waals surface area contributed by atoms with Gasteiger partial charge in [0.25, 0.3) is 0 Å². The van der Waals surface area contributed by atoms with Crippen LogP contribution in [0.2, 0.25) is 23.2 Å². The van der Waals surface area contributed by atoms with Crippen molar-refractivity contribution in [2.24, 2.45) is 0 Å². The average Bonchev–Trinajstić information content (AvgIpc) is 3.77. The van der Waals surface area contributed by atoms with E-state index < -0.39 is 8.32 Å². The van der Waals surface area contributed by atoms with E-state index in [4.69, 9.17) is 30.7 Å². The van der Waals surface area contributed by atoms with Crippen LogP contribution in [0.3, 0.4) is 0 Å². The highest BCUT2D eigenvalue weighted by Gasteiger charge is 2.37. The van der Waals surface area contributed by atoms with E-state index in [1.165, 1.54) is 18.4 Å². The molecule has 2 fully saturated rings. The number of methoxy groups -OCH3 is 1. The number of anilines is 2. The molecule has 1 aliphatic carbocycles. The van der Waals surface area contributed by atoms with Gasteiger partial charge in [0, 0.05) is 25.6 Å². The monoisotopic (exact) mass is 566 g/mol. The van der Waals surface area contributed by atoms with Crippen molar-refractivity contribution in [3.63, 3.8) is 0 Å². The first-order valence-corrected chi connectivity index (χ1v) is 17.6. The SMILES string of the molecule is COc1ccccc1C1CCN(c2nc(C3CC3)nc3ccc(NCCO[Si](C)(C)C(C)(C)C)c(Cl)c23)CC1. The highest BCUT2D eigenvalue weighted by Crippen LogP contribution is 2.44. The molecule has 5 rings (SSSR count). The van der Waals surface area contributed by atoms with Gasteiger partial charge in [-0.25, -0.2) is 9.97 Å². The Kier molecular flexibility index (Phi) is 8.14. The molecule has 1 saturated heterocycles. The molecule has 1 aliphatic heterocycles. The van der Waals surface area contributed by atoms with Crippen LogP contribution in [0.5, 0.6) is 5.75 Å². The first-order chi connectivity index (χ1) is 18.6. The minimum Gasteiger partial charge on any atom is -0.496 e. The number of piperidine rings is 1. The van der Waals surface area contributed by atoms with Crippen molar-refractivity contribution in [2.45, 2.75) is 76.4 Å². The summed E-state index contributed by atoms with van der Waals surface area (Å²) < 4.78 is 12.0. The molecule has 1 N–H and O–H groups in total. The average molecular weight is 567 g/mol. The second-order valence-electron chi connectivity index (χ2n) is 12.5. The van der Waals surface area contributed by atoms with Gasteiger partial charge in [-0.3, -0.25) is 0 Å². The van der Waals surface area contributed by atoms with Gasteiger partial charge in [0.1, 0.15) is 17.4 Å². The van der Waals surface area contributed by atoms with Crippen molar-refractivity contribution in [1.29, 1.82) is 0 Å². The number of fused-ring (bicyclic) bond motifs is 1. The number of benzene rings is 2. The molecular weight excluding hydrogens is 524 g/mol. The van der Waals surface area contributed by atoms with Gasteiger partial charge in [0.15, 0.2) is 8.32 Å². The Morgan fingerprint density at radius 1 is 1.00 bits per heavy atom. The topological polar surface area (TPSA) is 59.5 Å². The summed E-state index contributed by atoms with van der Waals surface area (Å²) in [5.41, 5.74) is 3.15. The predicted molar refractivity (Wildman–Crippen MR) is 165 cm³/mol. The van der Waals surface area contributed by atoms with Gasteiger partial charge < -0.3 is 19.4 Å². The van der Waals surface area contributed by atoms with Crippen LogP contribution in [-0.4, -0.2) is 51.6 Å². The third kappa shape index (κ3) is 6.05. The number of nitrogens with zero attached hydrogens (tertiary/aromatic N) is 3. The number of ether oxygens (including phenoxy) is 1. The van der Waals surface area contributed by atoms with E-state index in [2.05, 4.69) is 74.4 Å². The summed E-state index contributed by atoms with van der Waals surface area (Å²) in [6, 6.07) is 12.6. The van der Waals surface area contributed by atoms with Crippen LogP contribution < -0.4 is 15.0 Å². The Balaban J connectivity index is 1.36. The van der Waals surface area contributed by atoms with Crippen molar-refractivity contribution in [3.8, 4) is 5.75 Å². The highest BCUT2D eigenvalue weighted by molar-refractivity contribution is 6.74. The van der Waals surface area contributed by atoms with Gasteiger partial charge in [0.2, 0.25) is 0 Å². The van der Waals surface area contributed by atoms with Crippen LogP contribution in [0, 0.1) is 0 Å². The fourth-order valence-corrected chi connectivity index (χ4v) is 6.54. The van der Waals surface area contributed by atoms with Gasteiger partial charge in [-0.1, -0.05) is 50.6 Å². The molecule has 0 atom stereocenters. The van der Waals surface area contributed by atoms with Crippen molar-refractivity contribution in [2.75, 3.05) is 43.6 Å². The van der Waals surface area contributed by atoms with Crippen LogP contribution in [-0.2, 0) is 4.43 Å². The van der Waals surface area contributed by atoms with Crippen LogP contribution in [0.4, 0.5) is 11.5 Å². The zero-order valence-corrected chi connectivity index (χ0v) is 26.1. The van der Waals surface area contributed by atoms with E-state index in [9.17, 15) is 0 Å². The molecule has 39 heavy (non-hydrogen) atoms. The third-order valence-corrected chi connectivity index (χ3v) is 13.7. The number of nitrogens with one attached hydrogen (secondary N) is 1. The molecule has 0 radical (unpaired) electrons. The van der Waals surface area contributed by atoms with Crippen LogP contribution in [0.15, 0.2) is 36.4 Å². The van der Waals surface area contributed by atoms with E-state index in [-0.39, 0.29) is 5.04 Å². The van der Waals surface area contributed by atoms with Crippen LogP contribution in [0.1, 0.15) is 69.7 Å². The summed E-state index contributed by atoms with van der Waals surface area (Å²) >= 11 is 7.10. The molecule has 1 saturated carbocycles. The number of aromatic nitrogens is 2. The minimum absolute atomic E-state index is 0.193. The Hall–Kier alpha value is -2.35. The highest BCUT2D eigenvalue weighted by atomic mass is 35.5. The molecule has 2 heterocycles. The zero-order chi connectivity index (χ0) is 27.8. The summed E-state index contributed by atoms with van der Waals surface area (Å²) in [5.74, 6) is 3.87. The molecule has 0 unspecified atom stereocenters. The predicted octanol–water partition coefficient (Wildman–Crippen LogP) is 7.99. The normalized spacial score (nSPS) is 17.1. The largest absolute Gasteiger partial charge is 0.496 e. The molecule has 6 nitrogen and oxygen atoms in total. The smallest absolute Gasteiger partial charge is 0.192 e. The Bertz CT molecular complexity index is 1310. The van der Waals surface area contributed by atoms with E-state index in [1.807, 2.05) is 6.07 Å². The van der Waals surface area contributed by atoms with Crippen LogP contribution in [0.25, 0.3) is 10.9 Å². The standard InChI is InChI=1S/C31H43ClN4O2Si/c1-31(2,3)39(5,6)38-20-17-33-25-14-13-24-27(28(25)32)30(35-29(34-24)22-11-12-22)36-18-15-21(16-19-36)23-9-7-8-10-26(23)37-4/h7-10,13-14,21-22,33H,11-12,15-20H2,1-6H3. The van der Waals surface area contributed by atoms with Gasteiger partial charge in [-0.05, 0) is 73.5 Å². The lowest BCUT2D eigenvalue weighted by Crippen LogP contribution is -2.41. The summed E-state index contributed by atoms with van der Waals surface area (Å²) in [4.78, 5) is 12.5. The maximum Gasteiger partial charge on any atom is 0.192 e. The second-order valence-corrected chi connectivity index (χ2v) is 17.7. The Labute approximate surface area is 239 Å². The van der Waals surface area contributed by atoms with Crippen molar-refractivity contribution < 1.29 is 9.16 Å². The lowest BCUT2D eigenvalue weighted by atomic mass is 9.88. The van der Waals surface area contributed by atoms with Crippen molar-refractivity contribution >= 4 is 42.3 Å². The maximum absolute atomic E-state index is 7.10. The second kappa shape index (κ2) is 11.3. The van der Waals surface area contributed by atoms with Crippen molar-refractivity contribution in [1.82, 2.24) is 9.97 Å². The van der Waals surface area contributed by atoms with Gasteiger partial charge in [-0.15, -0.1) is 0 Å². The molecule has 210 valence electrons. The van der Waals surface area contributed by atoms with E-state index in [0.29, 0.717) is 30.0 Å². The first-order valence-electron chi connectivity index (χ1n) is 14.3. The molecule has 2 aliphatic rings. The van der Waals surface area contributed by atoms with E-state index in [1.54, 1.807) is 7.11 Å². The summed E-state index contributed by atoms with van der Waals surface area (Å²) in [6.45, 7) is 14.6. The Morgan fingerprint density at radius 2 is 1.72 bits per heavy atom. The molecular formula is C31H43ClN4O2Si. The number of rotatable bonds is 9. The van der Waals surface area contributed by atoms with Crippen molar-refractivity contribution in [3.05, 3.63) is 52.8 Å². The first kappa shape index (κ1) is 28.2. The maximum atomic E-state index is 7.10. The molecule has 2 aromatic carbocycles. The fourth-order valence-electron chi connectivity index (χ4n) is 5.19. The molecule has 0 bridgehead atoms. The molecule has 0 amide bonds. The quantitative estimate of drug-likeness (QED) is 0.209. The van der Waals surface area contributed by atoms with Gasteiger partial charge in [-0.2, -0.15) is 0 Å². The minimum atomic E-state index is -1.79. The molecule has 0 spiro atoms. The van der Waals surface area contributed by atoms with Crippen LogP contribution >= 0.6 is 11.6 Å². The Morgan fingerprint density at radius 3 is 2.38 bits per heavy atom. The van der Waals surface area contributed by atoms with Gasteiger partial charge >= 0.3 is 0 Å². The molecule has 8 heteroatoms. The van der Waals surface area contributed by atoms with E-state index >= 15 is 0 Å². The summed E-state index contributed by atoms with van der Waals surface area (Å²) in [5, 5.41) is 5.37. The zero-order valence-electron chi connectivity index (χ0n) is 24.3. The number of halogens is 1. The lowest BCUT2D eigenvalue weighted by Gasteiger charge is -2.36. The fraction of sp³-hybridized carbons (Fsp3) is 0.548. The molecule has 3 aromatic rings. The summed E-state index contributed by atoms with van der Waals surface area (Å²) in [7, 11) is -0.0296. The van der Waals surface area contributed by atoms with Gasteiger partial charge in [0.05, 0.1) is 35.3 Å². The number of hydrogen-bond acceptors (Lipinski definition) is 6. The number of para-hydroxylation sites is 1.